The molecular weight excluding hydrogens is 267 g/mol. The number of ether oxygens (including phenoxy) is 1. The van der Waals surface area contributed by atoms with Gasteiger partial charge in [-0.25, -0.2) is 4.39 Å². The predicted octanol–water partition coefficient (Wildman–Crippen LogP) is 3.11. The van der Waals surface area contributed by atoms with Gasteiger partial charge in [0.25, 0.3) is 0 Å². The smallest absolute Gasteiger partial charge is 0.123 e. The van der Waals surface area contributed by atoms with Gasteiger partial charge in [0.05, 0.1) is 6.10 Å². The molecule has 0 aromatic heterocycles. The highest BCUT2D eigenvalue weighted by Crippen LogP contribution is 2.27. The number of nitrogens with zero attached hydrogens (tertiary/aromatic N) is 1. The van der Waals surface area contributed by atoms with E-state index in [1.807, 2.05) is 13.0 Å². The first-order chi connectivity index (χ1) is 10.1. The molecule has 1 aliphatic heterocycles. The highest BCUT2D eigenvalue weighted by Gasteiger charge is 2.22. The molecule has 21 heavy (non-hydrogen) atoms. The van der Waals surface area contributed by atoms with Crippen molar-refractivity contribution >= 4 is 5.69 Å². The van der Waals surface area contributed by atoms with E-state index in [-0.39, 0.29) is 18.0 Å². The maximum Gasteiger partial charge on any atom is 0.123 e. The average Bonchev–Trinajstić information content (AvgIpc) is 2.48. The Kier molecular flexibility index (Phi) is 6.00. The van der Waals surface area contributed by atoms with Crippen LogP contribution in [-0.2, 0) is 11.2 Å². The van der Waals surface area contributed by atoms with Gasteiger partial charge < -0.3 is 15.4 Å². The second kappa shape index (κ2) is 7.76. The second-order valence-electron chi connectivity index (χ2n) is 5.81. The first-order valence-electron chi connectivity index (χ1n) is 8.04. The van der Waals surface area contributed by atoms with E-state index in [4.69, 9.17) is 10.5 Å². The Morgan fingerprint density at radius 1 is 1.43 bits per heavy atom. The van der Waals surface area contributed by atoms with Crippen LogP contribution >= 0.6 is 0 Å². The SMILES string of the molecule is CCOC1CCCN(c2ccc(F)cc2CC(N)CC)C1. The number of benzene rings is 1. The van der Waals surface area contributed by atoms with Crippen molar-refractivity contribution < 1.29 is 9.13 Å². The summed E-state index contributed by atoms with van der Waals surface area (Å²) in [7, 11) is 0. The number of hydrogen-bond acceptors (Lipinski definition) is 3. The third-order valence-corrected chi connectivity index (χ3v) is 4.17. The number of nitrogens with two attached hydrogens (primary N) is 1. The summed E-state index contributed by atoms with van der Waals surface area (Å²) in [4.78, 5) is 2.32. The zero-order valence-corrected chi connectivity index (χ0v) is 13.1. The molecule has 3 nitrogen and oxygen atoms in total. The topological polar surface area (TPSA) is 38.5 Å². The van der Waals surface area contributed by atoms with E-state index in [9.17, 15) is 4.39 Å². The van der Waals surface area contributed by atoms with Crippen LogP contribution in [0.1, 0.15) is 38.7 Å². The van der Waals surface area contributed by atoms with E-state index in [2.05, 4.69) is 11.8 Å². The van der Waals surface area contributed by atoms with Gasteiger partial charge in [-0.2, -0.15) is 0 Å². The quantitative estimate of drug-likeness (QED) is 0.876. The van der Waals surface area contributed by atoms with E-state index in [0.717, 1.165) is 56.6 Å². The number of hydrogen-bond donors (Lipinski definition) is 1. The van der Waals surface area contributed by atoms with Gasteiger partial charge in [0.15, 0.2) is 0 Å². The summed E-state index contributed by atoms with van der Waals surface area (Å²) >= 11 is 0. The minimum atomic E-state index is -0.185. The molecule has 2 unspecified atom stereocenters. The van der Waals surface area contributed by atoms with Gasteiger partial charge in [0, 0.05) is 31.4 Å². The number of halogens is 1. The zero-order valence-electron chi connectivity index (χ0n) is 13.1. The molecule has 1 aromatic carbocycles. The first-order valence-corrected chi connectivity index (χ1v) is 8.04. The van der Waals surface area contributed by atoms with Crippen molar-refractivity contribution in [3.8, 4) is 0 Å². The third-order valence-electron chi connectivity index (χ3n) is 4.17. The lowest BCUT2D eigenvalue weighted by Gasteiger charge is -2.35. The Labute approximate surface area is 127 Å². The molecule has 0 aliphatic carbocycles. The van der Waals surface area contributed by atoms with Crippen LogP contribution < -0.4 is 10.6 Å². The molecule has 1 fully saturated rings. The lowest BCUT2D eigenvalue weighted by Crippen LogP contribution is -2.40. The Bertz CT molecular complexity index is 450. The van der Waals surface area contributed by atoms with Crippen LogP contribution in [0.25, 0.3) is 0 Å². The zero-order chi connectivity index (χ0) is 15.2. The molecule has 0 radical (unpaired) electrons. The molecule has 2 rings (SSSR count). The van der Waals surface area contributed by atoms with E-state index >= 15 is 0 Å². The van der Waals surface area contributed by atoms with Crippen molar-refractivity contribution in [2.75, 3.05) is 24.6 Å². The van der Waals surface area contributed by atoms with Gasteiger partial charge in [-0.05, 0) is 56.4 Å². The molecule has 1 aliphatic rings. The highest BCUT2D eigenvalue weighted by molar-refractivity contribution is 5.54. The number of anilines is 1. The van der Waals surface area contributed by atoms with Crippen LogP contribution in [0, 0.1) is 5.82 Å². The molecule has 1 saturated heterocycles. The fourth-order valence-corrected chi connectivity index (χ4v) is 2.98. The molecule has 2 N–H and O–H groups in total. The maximum atomic E-state index is 13.6. The summed E-state index contributed by atoms with van der Waals surface area (Å²) in [6, 6.07) is 5.15. The van der Waals surface area contributed by atoms with Crippen molar-refractivity contribution in [3.63, 3.8) is 0 Å². The molecule has 0 bridgehead atoms. The lowest BCUT2D eigenvalue weighted by molar-refractivity contribution is 0.0526. The molecule has 0 saturated carbocycles. The number of rotatable bonds is 6. The van der Waals surface area contributed by atoms with Crippen molar-refractivity contribution in [1.29, 1.82) is 0 Å². The Balaban J connectivity index is 2.17. The summed E-state index contributed by atoms with van der Waals surface area (Å²) in [6.45, 7) is 6.73. The molecule has 118 valence electrons. The van der Waals surface area contributed by atoms with Gasteiger partial charge in [0.2, 0.25) is 0 Å². The van der Waals surface area contributed by atoms with Crippen LogP contribution in [0.15, 0.2) is 18.2 Å². The van der Waals surface area contributed by atoms with E-state index < -0.39 is 0 Å². The van der Waals surface area contributed by atoms with Gasteiger partial charge in [-0.15, -0.1) is 0 Å². The fraction of sp³-hybridized carbons (Fsp3) is 0.647. The Hall–Kier alpha value is -1.13. The molecule has 0 amide bonds. The summed E-state index contributed by atoms with van der Waals surface area (Å²) in [6.07, 6.45) is 4.12. The minimum absolute atomic E-state index is 0.0815. The fourth-order valence-electron chi connectivity index (χ4n) is 2.98. The van der Waals surface area contributed by atoms with E-state index in [0.29, 0.717) is 0 Å². The van der Waals surface area contributed by atoms with E-state index in [1.54, 1.807) is 12.1 Å². The monoisotopic (exact) mass is 294 g/mol. The van der Waals surface area contributed by atoms with Crippen molar-refractivity contribution in [1.82, 2.24) is 0 Å². The first kappa shape index (κ1) is 16.2. The standard InChI is InChI=1S/C17H27FN2O/c1-3-15(19)11-13-10-14(18)7-8-17(13)20-9-5-6-16(12-20)21-4-2/h7-8,10,15-16H,3-6,9,11-12,19H2,1-2H3. The largest absolute Gasteiger partial charge is 0.377 e. The van der Waals surface area contributed by atoms with Crippen molar-refractivity contribution in [2.45, 2.75) is 51.7 Å². The lowest BCUT2D eigenvalue weighted by atomic mass is 10.00. The van der Waals surface area contributed by atoms with Gasteiger partial charge in [-0.3, -0.25) is 0 Å². The summed E-state index contributed by atoms with van der Waals surface area (Å²) < 4.78 is 19.3. The molecule has 0 spiro atoms. The van der Waals surface area contributed by atoms with Gasteiger partial charge in [-0.1, -0.05) is 6.92 Å². The summed E-state index contributed by atoms with van der Waals surface area (Å²) in [5.41, 5.74) is 8.19. The molecular formula is C17H27FN2O. The van der Waals surface area contributed by atoms with Gasteiger partial charge >= 0.3 is 0 Å². The van der Waals surface area contributed by atoms with Crippen LogP contribution in [0.4, 0.5) is 10.1 Å². The third kappa shape index (κ3) is 4.42. The molecule has 4 heteroatoms. The average molecular weight is 294 g/mol. The summed E-state index contributed by atoms with van der Waals surface area (Å²) in [5.74, 6) is -0.185. The van der Waals surface area contributed by atoms with Crippen LogP contribution in [-0.4, -0.2) is 31.8 Å². The highest BCUT2D eigenvalue weighted by atomic mass is 19.1. The molecule has 1 heterocycles. The normalized spacial score (nSPS) is 20.6. The van der Waals surface area contributed by atoms with Crippen molar-refractivity contribution in [3.05, 3.63) is 29.6 Å². The molecule has 1 aromatic rings. The van der Waals surface area contributed by atoms with Crippen molar-refractivity contribution in [2.24, 2.45) is 5.73 Å². The summed E-state index contributed by atoms with van der Waals surface area (Å²) in [5, 5.41) is 0. The molecule has 2 atom stereocenters. The van der Waals surface area contributed by atoms with E-state index in [1.165, 1.54) is 0 Å². The number of piperidine rings is 1. The second-order valence-corrected chi connectivity index (χ2v) is 5.81. The predicted molar refractivity (Wildman–Crippen MR) is 85.2 cm³/mol. The minimum Gasteiger partial charge on any atom is -0.377 e. The Morgan fingerprint density at radius 3 is 2.95 bits per heavy atom. The Morgan fingerprint density at radius 2 is 2.24 bits per heavy atom. The van der Waals surface area contributed by atoms with Gasteiger partial charge in [0.1, 0.15) is 5.82 Å². The van der Waals surface area contributed by atoms with Crippen LogP contribution in [0.3, 0.4) is 0 Å². The maximum absolute atomic E-state index is 13.6. The van der Waals surface area contributed by atoms with Crippen LogP contribution in [0.5, 0.6) is 0 Å². The van der Waals surface area contributed by atoms with Crippen LogP contribution in [0.2, 0.25) is 0 Å².